The van der Waals surface area contributed by atoms with Crippen molar-refractivity contribution in [2.24, 2.45) is 5.73 Å². The van der Waals surface area contributed by atoms with E-state index in [0.29, 0.717) is 9.15 Å². The minimum absolute atomic E-state index is 0.0576. The van der Waals surface area contributed by atoms with Gasteiger partial charge in [0.1, 0.15) is 0 Å². The zero-order valence-electron chi connectivity index (χ0n) is 4.66. The van der Waals surface area contributed by atoms with Gasteiger partial charge in [-0.1, -0.05) is 0 Å². The fourth-order valence-electron chi connectivity index (χ4n) is 0.346. The molecule has 1 heterocycles. The summed E-state index contributed by atoms with van der Waals surface area (Å²) in [5, 5.41) is 6.46. The lowest BCUT2D eigenvalue weighted by molar-refractivity contribution is 0.544. The van der Waals surface area contributed by atoms with Crippen molar-refractivity contribution in [3.63, 3.8) is 0 Å². The van der Waals surface area contributed by atoms with Gasteiger partial charge < -0.3 is 10.5 Å². The molecule has 0 bridgehead atoms. The molecule has 7 heteroatoms. The molecular formula is C3H3N3OS3. The highest BCUT2D eigenvalue weighted by molar-refractivity contribution is 7.80. The van der Waals surface area contributed by atoms with Gasteiger partial charge in [-0.15, -0.1) is 5.10 Å². The number of ether oxygens (including phenoxy) is 1. The van der Waals surface area contributed by atoms with Gasteiger partial charge in [-0.25, -0.2) is 0 Å². The second-order valence-corrected chi connectivity index (χ2v) is 3.33. The zero-order valence-corrected chi connectivity index (χ0v) is 7.11. The van der Waals surface area contributed by atoms with Gasteiger partial charge in [-0.05, 0) is 35.8 Å². The summed E-state index contributed by atoms with van der Waals surface area (Å²) < 4.78 is 5.29. The summed E-state index contributed by atoms with van der Waals surface area (Å²) in [6.45, 7) is 0. The number of thiocarbonyl (C=S) groups is 1. The van der Waals surface area contributed by atoms with Crippen LogP contribution in [0.1, 0.15) is 0 Å². The topological polar surface area (TPSA) is 63.9 Å². The average Bonchev–Trinajstić information content (AvgIpc) is 2.13. The lowest BCUT2D eigenvalue weighted by Gasteiger charge is -1.92. The number of H-pyrrole nitrogens is 1. The van der Waals surface area contributed by atoms with Crippen LogP contribution < -0.4 is 10.5 Å². The van der Waals surface area contributed by atoms with Gasteiger partial charge in [0.05, 0.1) is 0 Å². The molecule has 0 atom stereocenters. The SMILES string of the molecule is NC(=S)Oc1n[nH]c(=S)s1. The summed E-state index contributed by atoms with van der Waals surface area (Å²) in [5.74, 6) is 0. The molecule has 0 radical (unpaired) electrons. The molecule has 0 spiro atoms. The minimum Gasteiger partial charge on any atom is -0.403 e. The third-order valence-corrected chi connectivity index (χ3v) is 1.66. The van der Waals surface area contributed by atoms with Crippen LogP contribution in [0.4, 0.5) is 0 Å². The maximum Gasteiger partial charge on any atom is 0.300 e. The molecule has 0 unspecified atom stereocenters. The van der Waals surface area contributed by atoms with E-state index in [1.54, 1.807) is 0 Å². The van der Waals surface area contributed by atoms with Crippen molar-refractivity contribution in [3.8, 4) is 5.19 Å². The Balaban J connectivity index is 2.76. The summed E-state index contributed by atoms with van der Waals surface area (Å²) in [6.07, 6.45) is 0. The molecule has 3 N–H and O–H groups in total. The second kappa shape index (κ2) is 3.04. The Hall–Kier alpha value is -0.530. The van der Waals surface area contributed by atoms with Crippen LogP contribution >= 0.6 is 35.8 Å². The summed E-state index contributed by atoms with van der Waals surface area (Å²) >= 11 is 10.4. The molecule has 0 aromatic carbocycles. The molecule has 0 aliphatic rings. The summed E-state index contributed by atoms with van der Waals surface area (Å²) in [5.41, 5.74) is 5.06. The number of nitrogens with two attached hydrogens (primary N) is 1. The number of hydrogen-bond donors (Lipinski definition) is 2. The van der Waals surface area contributed by atoms with Crippen LogP contribution in [-0.4, -0.2) is 15.4 Å². The van der Waals surface area contributed by atoms with Crippen molar-refractivity contribution in [1.29, 1.82) is 0 Å². The number of hydrogen-bond acceptors (Lipinski definition) is 5. The fourth-order valence-corrected chi connectivity index (χ4v) is 1.21. The van der Waals surface area contributed by atoms with Crippen molar-refractivity contribution < 1.29 is 4.74 Å². The molecule has 1 rings (SSSR count). The van der Waals surface area contributed by atoms with E-state index in [0.717, 1.165) is 0 Å². The van der Waals surface area contributed by atoms with Crippen LogP contribution in [0.25, 0.3) is 0 Å². The van der Waals surface area contributed by atoms with Crippen LogP contribution in [-0.2, 0) is 0 Å². The summed E-state index contributed by atoms with van der Waals surface area (Å²) in [7, 11) is 0. The quantitative estimate of drug-likeness (QED) is 0.647. The van der Waals surface area contributed by atoms with Crippen LogP contribution in [0.15, 0.2) is 0 Å². The van der Waals surface area contributed by atoms with Gasteiger partial charge in [0.25, 0.3) is 5.17 Å². The van der Waals surface area contributed by atoms with Gasteiger partial charge in [0.2, 0.25) is 0 Å². The van der Waals surface area contributed by atoms with E-state index in [9.17, 15) is 0 Å². The summed E-state index contributed by atoms with van der Waals surface area (Å²) in [4.78, 5) is 0. The number of nitrogens with one attached hydrogen (secondary N) is 1. The lowest BCUT2D eigenvalue weighted by atomic mass is 11.2. The third-order valence-electron chi connectivity index (χ3n) is 0.606. The van der Waals surface area contributed by atoms with Crippen LogP contribution in [0.2, 0.25) is 0 Å². The highest BCUT2D eigenvalue weighted by Gasteiger charge is 1.97. The first-order chi connectivity index (χ1) is 4.68. The molecule has 1 aromatic rings. The minimum atomic E-state index is -0.0576. The van der Waals surface area contributed by atoms with Crippen molar-refractivity contribution >= 4 is 40.9 Å². The highest BCUT2D eigenvalue weighted by atomic mass is 32.1. The largest absolute Gasteiger partial charge is 0.403 e. The maximum atomic E-state index is 5.06. The highest BCUT2D eigenvalue weighted by Crippen LogP contribution is 2.13. The van der Waals surface area contributed by atoms with Gasteiger partial charge in [-0.2, -0.15) is 0 Å². The van der Waals surface area contributed by atoms with Crippen LogP contribution in [0, 0.1) is 3.95 Å². The van der Waals surface area contributed by atoms with Crippen LogP contribution in [0.5, 0.6) is 5.19 Å². The molecule has 0 aliphatic carbocycles. The number of rotatable bonds is 1. The van der Waals surface area contributed by atoms with E-state index >= 15 is 0 Å². The first kappa shape index (κ1) is 7.58. The molecule has 54 valence electrons. The number of nitrogens with zero attached hydrogens (tertiary/aromatic N) is 1. The average molecular weight is 193 g/mol. The molecule has 0 aliphatic heterocycles. The van der Waals surface area contributed by atoms with E-state index in [1.165, 1.54) is 11.3 Å². The Labute approximate surface area is 71.0 Å². The fraction of sp³-hybridized carbons (Fsp3) is 0. The zero-order chi connectivity index (χ0) is 7.56. The second-order valence-electron chi connectivity index (χ2n) is 1.30. The van der Waals surface area contributed by atoms with Gasteiger partial charge in [0, 0.05) is 0 Å². The lowest BCUT2D eigenvalue weighted by Crippen LogP contribution is -2.15. The number of aromatic nitrogens is 2. The standard InChI is InChI=1S/C3H3N3OS3/c4-1(8)7-2-5-6-3(9)10-2/h(H2,4,8)(H,6,9). The maximum absolute atomic E-state index is 5.06. The van der Waals surface area contributed by atoms with E-state index in [4.69, 9.17) is 22.7 Å². The monoisotopic (exact) mass is 193 g/mol. The Morgan fingerprint density at radius 3 is 2.90 bits per heavy atom. The van der Waals surface area contributed by atoms with Crippen molar-refractivity contribution in [1.82, 2.24) is 10.2 Å². The van der Waals surface area contributed by atoms with Crippen molar-refractivity contribution in [2.75, 3.05) is 0 Å². The van der Waals surface area contributed by atoms with Crippen molar-refractivity contribution in [3.05, 3.63) is 3.95 Å². The first-order valence-electron chi connectivity index (χ1n) is 2.21. The first-order valence-corrected chi connectivity index (χ1v) is 3.84. The predicted octanol–water partition coefficient (Wildman–Crippen LogP) is 0.823. The Kier molecular flexibility index (Phi) is 2.30. The molecule has 0 saturated heterocycles. The number of aromatic amines is 1. The molecule has 0 amide bonds. The molecule has 4 nitrogen and oxygen atoms in total. The van der Waals surface area contributed by atoms with E-state index in [-0.39, 0.29) is 5.17 Å². The van der Waals surface area contributed by atoms with Gasteiger partial charge in [-0.3, -0.25) is 5.10 Å². The van der Waals surface area contributed by atoms with E-state index in [2.05, 4.69) is 22.4 Å². The Morgan fingerprint density at radius 2 is 2.50 bits per heavy atom. The normalized spacial score (nSPS) is 9.20. The molecule has 0 saturated carbocycles. The molecule has 1 aromatic heterocycles. The molecular weight excluding hydrogens is 190 g/mol. The Morgan fingerprint density at radius 1 is 1.80 bits per heavy atom. The van der Waals surface area contributed by atoms with E-state index in [1.807, 2.05) is 0 Å². The Bertz CT molecular complexity index is 289. The van der Waals surface area contributed by atoms with Crippen molar-refractivity contribution in [2.45, 2.75) is 0 Å². The van der Waals surface area contributed by atoms with Gasteiger partial charge >= 0.3 is 5.19 Å². The smallest absolute Gasteiger partial charge is 0.300 e. The van der Waals surface area contributed by atoms with E-state index < -0.39 is 0 Å². The van der Waals surface area contributed by atoms with Crippen LogP contribution in [0.3, 0.4) is 0 Å². The third kappa shape index (κ3) is 2.01. The predicted molar refractivity (Wildman–Crippen MR) is 44.7 cm³/mol. The summed E-state index contributed by atoms with van der Waals surface area (Å²) in [6, 6.07) is 0. The molecule has 0 fully saturated rings. The van der Waals surface area contributed by atoms with Gasteiger partial charge in [0.15, 0.2) is 3.95 Å². The molecule has 10 heavy (non-hydrogen) atoms.